The molecule has 58 heavy (non-hydrogen) atoms. The summed E-state index contributed by atoms with van der Waals surface area (Å²) < 4.78 is 8.39. The van der Waals surface area contributed by atoms with E-state index in [9.17, 15) is 14.7 Å². The summed E-state index contributed by atoms with van der Waals surface area (Å²) >= 11 is 0. The van der Waals surface area contributed by atoms with E-state index in [1.165, 1.54) is 109 Å². The van der Waals surface area contributed by atoms with E-state index in [0.717, 1.165) is 59.4 Å². The molecule has 0 amide bonds. The van der Waals surface area contributed by atoms with E-state index in [1.54, 1.807) is 0 Å². The molecule has 0 bridgehead atoms. The van der Waals surface area contributed by atoms with Gasteiger partial charge in [0.1, 0.15) is 11.6 Å². The number of fused-ring (bicyclic) bond motifs is 2. The summed E-state index contributed by atoms with van der Waals surface area (Å²) in [4.78, 5) is 43.5. The maximum atomic E-state index is 11.2. The fraction of sp³-hybridized carbons (Fsp3) is 0.442. The second-order valence-corrected chi connectivity index (χ2v) is 15.9. The van der Waals surface area contributed by atoms with Gasteiger partial charge in [0, 0.05) is 42.3 Å². The summed E-state index contributed by atoms with van der Waals surface area (Å²) in [5.41, 5.74) is 4.65. The lowest BCUT2D eigenvalue weighted by Crippen LogP contribution is -2.37. The highest BCUT2D eigenvalue weighted by Gasteiger charge is 2.25. The zero-order chi connectivity index (χ0) is 39.6. The van der Waals surface area contributed by atoms with Gasteiger partial charge in [-0.25, -0.2) is 28.9 Å². The molecule has 3 aliphatic carbocycles. The minimum absolute atomic E-state index is 0.110. The average molecular weight is 785 g/mol. The van der Waals surface area contributed by atoms with Crippen LogP contribution in [-0.4, -0.2) is 94.0 Å². The Balaban J connectivity index is 0.000000151. The molecule has 1 aliphatic heterocycles. The van der Waals surface area contributed by atoms with Crippen LogP contribution in [0.25, 0.3) is 33.7 Å². The fourth-order valence-electron chi connectivity index (χ4n) is 8.47. The Bertz CT molecular complexity index is 2440. The van der Waals surface area contributed by atoms with E-state index in [1.807, 2.05) is 0 Å². The number of nitrogens with one attached hydrogen (secondary N) is 1. The van der Waals surface area contributed by atoms with Gasteiger partial charge in [-0.2, -0.15) is 20.2 Å². The number of carboxylic acids is 2. The molecule has 1 saturated heterocycles. The van der Waals surface area contributed by atoms with Crippen LogP contribution >= 0.6 is 0 Å². The van der Waals surface area contributed by atoms with Crippen LogP contribution in [0.1, 0.15) is 121 Å². The van der Waals surface area contributed by atoms with E-state index >= 15 is 0 Å². The van der Waals surface area contributed by atoms with Crippen molar-refractivity contribution in [2.75, 3.05) is 36.5 Å². The molecule has 6 aromatic rings. The highest BCUT2D eigenvalue weighted by Crippen LogP contribution is 2.37. The van der Waals surface area contributed by atoms with Gasteiger partial charge in [-0.05, 0) is 85.8 Å². The number of rotatable bonds is 9. The van der Waals surface area contributed by atoms with E-state index < -0.39 is 11.9 Å². The van der Waals surface area contributed by atoms with Crippen LogP contribution < -0.4 is 10.2 Å². The zero-order valence-corrected chi connectivity index (χ0v) is 32.5. The quantitative estimate of drug-likeness (QED) is 0.131. The average Bonchev–Trinajstić information content (AvgIpc) is 3.69. The summed E-state index contributed by atoms with van der Waals surface area (Å²) in [5, 5.41) is 32.2. The Labute approximate surface area is 335 Å². The number of aromatic nitrogens is 8. The lowest BCUT2D eigenvalue weighted by Gasteiger charge is -2.29. The number of carbonyl (C=O) groups is 2. The van der Waals surface area contributed by atoms with Gasteiger partial charge < -0.3 is 25.2 Å². The predicted molar refractivity (Wildman–Crippen MR) is 219 cm³/mol. The first-order valence-corrected chi connectivity index (χ1v) is 20.7. The largest absolute Gasteiger partial charge is 0.478 e. The minimum atomic E-state index is -1.02. The summed E-state index contributed by atoms with van der Waals surface area (Å²) in [6.45, 7) is 2.85. The Kier molecular flexibility index (Phi) is 10.7. The number of hydrogen-bond donors (Lipinski definition) is 3. The summed E-state index contributed by atoms with van der Waals surface area (Å²) in [6.07, 6.45) is 20.7. The van der Waals surface area contributed by atoms with Gasteiger partial charge in [-0.1, -0.05) is 50.7 Å². The summed E-state index contributed by atoms with van der Waals surface area (Å²) in [5.74, 6) is 1.62. The van der Waals surface area contributed by atoms with Crippen molar-refractivity contribution >= 4 is 45.4 Å². The second-order valence-electron chi connectivity index (χ2n) is 15.9. The third-order valence-corrected chi connectivity index (χ3v) is 11.8. The molecule has 0 spiro atoms. The number of morpholine rings is 1. The number of aromatic carboxylic acids is 2. The van der Waals surface area contributed by atoms with Crippen LogP contribution in [0.3, 0.4) is 0 Å². The first-order valence-electron chi connectivity index (χ1n) is 20.7. The molecular formula is C43H48N10O5. The Morgan fingerprint density at radius 1 is 0.638 bits per heavy atom. The van der Waals surface area contributed by atoms with Crippen LogP contribution in [0.5, 0.6) is 0 Å². The van der Waals surface area contributed by atoms with Crippen molar-refractivity contribution in [3.8, 4) is 11.9 Å². The van der Waals surface area contributed by atoms with Gasteiger partial charge in [0.05, 0.1) is 47.8 Å². The highest BCUT2D eigenvalue weighted by atomic mass is 16.5. The lowest BCUT2D eigenvalue weighted by molar-refractivity contribution is 0.0686. The third kappa shape index (κ3) is 8.21. The molecule has 300 valence electrons. The van der Waals surface area contributed by atoms with Crippen molar-refractivity contribution in [3.05, 3.63) is 83.4 Å². The Morgan fingerprint density at radius 2 is 1.16 bits per heavy atom. The molecule has 0 atom stereocenters. The third-order valence-electron chi connectivity index (χ3n) is 11.8. The van der Waals surface area contributed by atoms with Gasteiger partial charge in [0.15, 0.2) is 0 Å². The SMILES string of the molecule is O=C(O)c1cnn(-c2nc(N3CCOCC3)c3cc(C4CCCCC4)ccc3n2)c1.O=C(O)c1cnn(-c2nc(NC3CC3)c3cc(C4CCCCC4)ccc3n2)c1. The molecule has 0 radical (unpaired) electrons. The van der Waals surface area contributed by atoms with Crippen LogP contribution in [-0.2, 0) is 4.74 Å². The fourth-order valence-corrected chi connectivity index (χ4v) is 8.47. The molecule has 4 aromatic heterocycles. The maximum absolute atomic E-state index is 11.2. The number of benzene rings is 2. The van der Waals surface area contributed by atoms with E-state index in [-0.39, 0.29) is 11.1 Å². The Hall–Kier alpha value is -5.96. The number of carboxylic acid groups (broad SMARTS) is 2. The molecule has 2 aromatic carbocycles. The normalized spacial score (nSPS) is 17.9. The van der Waals surface area contributed by atoms with E-state index in [4.69, 9.17) is 24.8 Å². The highest BCUT2D eigenvalue weighted by molar-refractivity contribution is 5.92. The van der Waals surface area contributed by atoms with Crippen molar-refractivity contribution in [2.45, 2.75) is 94.9 Å². The zero-order valence-electron chi connectivity index (χ0n) is 32.5. The summed E-state index contributed by atoms with van der Waals surface area (Å²) in [7, 11) is 0. The van der Waals surface area contributed by atoms with Gasteiger partial charge in [0.25, 0.3) is 11.9 Å². The monoisotopic (exact) mass is 784 g/mol. The van der Waals surface area contributed by atoms with Gasteiger partial charge in [0.2, 0.25) is 0 Å². The standard InChI is InChI=1S/C22H25N5O3.C21H23N5O2/c28-21(29)17-13-23-27(14-17)22-24-19-7-6-16(15-4-2-1-3-5-15)12-18(19)20(25-22)26-8-10-30-11-9-26;27-20(28)15-11-22-26(12-15)21-24-18-9-6-14(13-4-2-1-3-5-13)10-17(18)19(25-21)23-16-7-8-16/h6-7,12-15H,1-5,8-11H2,(H,28,29);6,9-13,16H,1-5,7-8H2,(H,27,28)(H,23,24,25). The predicted octanol–water partition coefficient (Wildman–Crippen LogP) is 7.53. The van der Waals surface area contributed by atoms with Crippen molar-refractivity contribution in [1.29, 1.82) is 0 Å². The molecule has 0 unspecified atom stereocenters. The molecule has 15 heteroatoms. The van der Waals surface area contributed by atoms with Crippen LogP contribution in [0.4, 0.5) is 11.6 Å². The van der Waals surface area contributed by atoms with Crippen LogP contribution in [0.15, 0.2) is 61.2 Å². The van der Waals surface area contributed by atoms with Gasteiger partial charge in [-0.3, -0.25) is 0 Å². The Morgan fingerprint density at radius 3 is 1.67 bits per heavy atom. The summed E-state index contributed by atoms with van der Waals surface area (Å²) in [6, 6.07) is 13.4. The van der Waals surface area contributed by atoms with E-state index in [0.29, 0.717) is 43.0 Å². The lowest BCUT2D eigenvalue weighted by atomic mass is 9.84. The molecule has 3 saturated carbocycles. The van der Waals surface area contributed by atoms with Crippen LogP contribution in [0, 0.1) is 0 Å². The number of nitrogens with zero attached hydrogens (tertiary/aromatic N) is 9. The molecular weight excluding hydrogens is 737 g/mol. The van der Waals surface area contributed by atoms with E-state index in [2.05, 4.69) is 61.8 Å². The molecule has 5 heterocycles. The molecule has 10 rings (SSSR count). The second kappa shape index (κ2) is 16.5. The molecule has 3 N–H and O–H groups in total. The van der Waals surface area contributed by atoms with Gasteiger partial charge in [-0.15, -0.1) is 0 Å². The topological polar surface area (TPSA) is 186 Å². The molecule has 15 nitrogen and oxygen atoms in total. The van der Waals surface area contributed by atoms with Crippen molar-refractivity contribution in [1.82, 2.24) is 39.5 Å². The smallest absolute Gasteiger partial charge is 0.338 e. The first kappa shape index (κ1) is 37.6. The maximum Gasteiger partial charge on any atom is 0.338 e. The number of hydrogen-bond acceptors (Lipinski definition) is 11. The van der Waals surface area contributed by atoms with Crippen molar-refractivity contribution in [3.63, 3.8) is 0 Å². The van der Waals surface area contributed by atoms with Crippen molar-refractivity contribution in [2.24, 2.45) is 0 Å². The number of ether oxygens (including phenoxy) is 1. The van der Waals surface area contributed by atoms with Gasteiger partial charge >= 0.3 is 11.9 Å². The minimum Gasteiger partial charge on any atom is -0.478 e. The van der Waals surface area contributed by atoms with Crippen LogP contribution in [0.2, 0.25) is 0 Å². The first-order chi connectivity index (χ1) is 28.4. The molecule has 4 fully saturated rings. The number of anilines is 2. The van der Waals surface area contributed by atoms with Crippen molar-refractivity contribution < 1.29 is 24.5 Å². The molecule has 4 aliphatic rings.